The summed E-state index contributed by atoms with van der Waals surface area (Å²) in [6.45, 7) is 2.18. The molecule has 29 heavy (non-hydrogen) atoms. The van der Waals surface area contributed by atoms with Crippen molar-refractivity contribution in [3.63, 3.8) is 0 Å². The van der Waals surface area contributed by atoms with Crippen molar-refractivity contribution in [3.8, 4) is 11.5 Å². The molecule has 8 nitrogen and oxygen atoms in total. The quantitative estimate of drug-likeness (QED) is 0.721. The molecule has 3 rings (SSSR count). The number of nitrogens with two attached hydrogens (primary N) is 1. The Bertz CT molecular complexity index is 766. The van der Waals surface area contributed by atoms with Crippen molar-refractivity contribution in [2.75, 3.05) is 38.2 Å². The lowest BCUT2D eigenvalue weighted by molar-refractivity contribution is -0.216. The second kappa shape index (κ2) is 8.46. The second-order valence-corrected chi connectivity index (χ2v) is 6.86. The van der Waals surface area contributed by atoms with E-state index >= 15 is 0 Å². The molecular formula is C18H22F3N3O5. The molecule has 1 saturated heterocycles. The van der Waals surface area contributed by atoms with Crippen LogP contribution in [0, 0.1) is 0 Å². The molecule has 0 aliphatic carbocycles. The molecule has 1 aromatic rings. The van der Waals surface area contributed by atoms with E-state index in [0.717, 1.165) is 25.9 Å². The maximum absolute atomic E-state index is 12.8. The van der Waals surface area contributed by atoms with Gasteiger partial charge in [-0.1, -0.05) is 0 Å². The van der Waals surface area contributed by atoms with Crippen molar-refractivity contribution in [1.29, 1.82) is 0 Å². The molecule has 1 aromatic carbocycles. The number of halogens is 3. The number of carbonyl (C=O) groups is 2. The Morgan fingerprint density at radius 1 is 1.28 bits per heavy atom. The minimum atomic E-state index is -5.23. The molecule has 2 heterocycles. The third-order valence-corrected chi connectivity index (χ3v) is 4.88. The summed E-state index contributed by atoms with van der Waals surface area (Å²) in [7, 11) is 1.45. The van der Waals surface area contributed by atoms with Crippen LogP contribution in [0.25, 0.3) is 0 Å². The summed E-state index contributed by atoms with van der Waals surface area (Å²) in [4.78, 5) is 27.3. The number of hydrogen-bond donors (Lipinski definition) is 1. The number of anilines is 1. The molecule has 2 N–H and O–H groups in total. The molecule has 0 spiro atoms. The molecule has 0 radical (unpaired) electrons. The average molecular weight is 417 g/mol. The van der Waals surface area contributed by atoms with Crippen molar-refractivity contribution in [2.45, 2.75) is 31.3 Å². The van der Waals surface area contributed by atoms with E-state index in [1.165, 1.54) is 24.1 Å². The highest BCUT2D eigenvalue weighted by molar-refractivity contribution is 6.00. The largest absolute Gasteiger partial charge is 0.497 e. The summed E-state index contributed by atoms with van der Waals surface area (Å²) in [6, 6.07) is 4.66. The molecule has 0 bridgehead atoms. The fourth-order valence-electron chi connectivity index (χ4n) is 3.23. The lowest BCUT2D eigenvalue weighted by Crippen LogP contribution is -2.52. The summed E-state index contributed by atoms with van der Waals surface area (Å²) in [5.74, 6) is -2.82. The highest BCUT2D eigenvalue weighted by atomic mass is 19.4. The topological polar surface area (TPSA) is 94.3 Å². The Hall–Kier alpha value is -2.53. The lowest BCUT2D eigenvalue weighted by atomic mass is 10.1. The van der Waals surface area contributed by atoms with Gasteiger partial charge in [-0.25, -0.2) is 4.79 Å². The Morgan fingerprint density at radius 3 is 2.59 bits per heavy atom. The standard InChI is InChI=1S/C18H22F3N3O5/c1-27-12-2-3-14-13(10-12)24(9-8-23-6-4-11(22)5-7-23)15(25)16(28-14)29-17(26)18(19,20)21/h2-3,10-11,16H,4-9,22H2,1H3. The minimum absolute atomic E-state index is 0.117. The van der Waals surface area contributed by atoms with E-state index in [1.54, 1.807) is 6.07 Å². The van der Waals surface area contributed by atoms with E-state index in [0.29, 0.717) is 18.0 Å². The van der Waals surface area contributed by atoms with Crippen LogP contribution < -0.4 is 20.1 Å². The summed E-state index contributed by atoms with van der Waals surface area (Å²) < 4.78 is 52.3. The highest BCUT2D eigenvalue weighted by Crippen LogP contribution is 2.37. The summed E-state index contributed by atoms with van der Waals surface area (Å²) in [5.41, 5.74) is 6.23. The highest BCUT2D eigenvalue weighted by Gasteiger charge is 2.46. The van der Waals surface area contributed by atoms with E-state index in [1.807, 2.05) is 0 Å². The van der Waals surface area contributed by atoms with E-state index in [4.69, 9.17) is 15.2 Å². The molecule has 1 atom stereocenters. The first-order valence-electron chi connectivity index (χ1n) is 9.11. The number of alkyl halides is 3. The molecule has 0 aromatic heterocycles. The van der Waals surface area contributed by atoms with Gasteiger partial charge in [0.1, 0.15) is 11.5 Å². The number of ether oxygens (including phenoxy) is 3. The number of piperidine rings is 1. The van der Waals surface area contributed by atoms with Gasteiger partial charge in [0, 0.05) is 25.2 Å². The van der Waals surface area contributed by atoms with Crippen molar-refractivity contribution in [1.82, 2.24) is 4.90 Å². The van der Waals surface area contributed by atoms with Gasteiger partial charge in [0.05, 0.1) is 12.8 Å². The molecule has 2 aliphatic heterocycles. The average Bonchev–Trinajstić information content (AvgIpc) is 2.68. The van der Waals surface area contributed by atoms with Crippen LogP contribution in [0.4, 0.5) is 18.9 Å². The van der Waals surface area contributed by atoms with Crippen LogP contribution in [0.3, 0.4) is 0 Å². The number of fused-ring (bicyclic) bond motifs is 1. The zero-order valence-electron chi connectivity index (χ0n) is 15.8. The summed E-state index contributed by atoms with van der Waals surface area (Å²) >= 11 is 0. The van der Waals surface area contributed by atoms with E-state index in [-0.39, 0.29) is 18.3 Å². The van der Waals surface area contributed by atoms with Gasteiger partial charge < -0.3 is 29.7 Å². The smallest absolute Gasteiger partial charge is 0.491 e. The van der Waals surface area contributed by atoms with Gasteiger partial charge in [-0.2, -0.15) is 13.2 Å². The van der Waals surface area contributed by atoms with Gasteiger partial charge in [0.15, 0.2) is 0 Å². The first-order valence-corrected chi connectivity index (χ1v) is 9.11. The molecule has 2 aliphatic rings. The molecule has 11 heteroatoms. The first kappa shape index (κ1) is 21.2. The summed E-state index contributed by atoms with van der Waals surface area (Å²) in [6.07, 6.45) is -5.60. The maximum Gasteiger partial charge on any atom is 0.491 e. The van der Waals surface area contributed by atoms with Gasteiger partial charge in [0.2, 0.25) is 0 Å². The lowest BCUT2D eigenvalue weighted by Gasteiger charge is -2.36. The number of benzene rings is 1. The predicted octanol–water partition coefficient (Wildman–Crippen LogP) is 1.28. The van der Waals surface area contributed by atoms with Gasteiger partial charge >= 0.3 is 24.3 Å². The Morgan fingerprint density at radius 2 is 1.97 bits per heavy atom. The Balaban J connectivity index is 1.79. The van der Waals surface area contributed by atoms with E-state index in [9.17, 15) is 22.8 Å². The normalized spacial score (nSPS) is 20.8. The third-order valence-electron chi connectivity index (χ3n) is 4.88. The van der Waals surface area contributed by atoms with Crippen molar-refractivity contribution in [2.24, 2.45) is 5.73 Å². The Kier molecular flexibility index (Phi) is 6.18. The first-order chi connectivity index (χ1) is 13.7. The van der Waals surface area contributed by atoms with Crippen LogP contribution in [0.2, 0.25) is 0 Å². The fourth-order valence-corrected chi connectivity index (χ4v) is 3.23. The number of carbonyl (C=O) groups excluding carboxylic acids is 2. The predicted molar refractivity (Wildman–Crippen MR) is 95.6 cm³/mol. The van der Waals surface area contributed by atoms with Crippen LogP contribution in [0.15, 0.2) is 18.2 Å². The molecule has 0 saturated carbocycles. The third kappa shape index (κ3) is 4.91. The second-order valence-electron chi connectivity index (χ2n) is 6.86. The number of amides is 1. The van der Waals surface area contributed by atoms with E-state index < -0.39 is 24.3 Å². The SMILES string of the molecule is COc1ccc2c(c1)N(CCN1CCC(N)CC1)C(=O)C(OC(=O)C(F)(F)F)O2. The van der Waals surface area contributed by atoms with Gasteiger partial charge in [-0.05, 0) is 38.1 Å². The number of rotatable bonds is 5. The van der Waals surface area contributed by atoms with Crippen molar-refractivity contribution in [3.05, 3.63) is 18.2 Å². The van der Waals surface area contributed by atoms with Crippen LogP contribution in [-0.2, 0) is 14.3 Å². The van der Waals surface area contributed by atoms with Crippen molar-refractivity contribution >= 4 is 17.6 Å². The number of methoxy groups -OCH3 is 1. The summed E-state index contributed by atoms with van der Waals surface area (Å²) in [5, 5.41) is 0. The van der Waals surface area contributed by atoms with Crippen LogP contribution >= 0.6 is 0 Å². The molecular weight excluding hydrogens is 395 g/mol. The molecule has 1 amide bonds. The zero-order valence-corrected chi connectivity index (χ0v) is 15.8. The van der Waals surface area contributed by atoms with E-state index in [2.05, 4.69) is 9.64 Å². The van der Waals surface area contributed by atoms with Gasteiger partial charge in [-0.3, -0.25) is 4.79 Å². The molecule has 1 unspecified atom stereocenters. The minimum Gasteiger partial charge on any atom is -0.497 e. The Labute approximate surface area is 165 Å². The van der Waals surface area contributed by atoms with Gasteiger partial charge in [0.25, 0.3) is 0 Å². The number of likely N-dealkylation sites (tertiary alicyclic amines) is 1. The van der Waals surface area contributed by atoms with Crippen molar-refractivity contribution < 1.29 is 37.0 Å². The fraction of sp³-hybridized carbons (Fsp3) is 0.556. The monoisotopic (exact) mass is 417 g/mol. The van der Waals surface area contributed by atoms with Crippen LogP contribution in [0.5, 0.6) is 11.5 Å². The van der Waals surface area contributed by atoms with Crippen LogP contribution in [0.1, 0.15) is 12.8 Å². The zero-order chi connectivity index (χ0) is 21.2. The van der Waals surface area contributed by atoms with Crippen LogP contribution in [-0.4, -0.2) is 68.6 Å². The number of hydrogen-bond acceptors (Lipinski definition) is 7. The molecule has 1 fully saturated rings. The maximum atomic E-state index is 12.8. The van der Waals surface area contributed by atoms with Gasteiger partial charge in [-0.15, -0.1) is 0 Å². The molecule has 160 valence electrons. The number of nitrogens with zero attached hydrogens (tertiary/aromatic N) is 2. The number of esters is 1.